The zero-order valence-electron chi connectivity index (χ0n) is 11.9. The fourth-order valence-electron chi connectivity index (χ4n) is 1.59. The van der Waals surface area contributed by atoms with Crippen LogP contribution in [0.2, 0.25) is 0 Å². The first kappa shape index (κ1) is 16.7. The minimum Gasteiger partial charge on any atom is -0.309 e. The van der Waals surface area contributed by atoms with Crippen LogP contribution in [0.1, 0.15) is 39.3 Å². The minimum atomic E-state index is -3.05. The standard InChI is InChI=1S/C14H22BrNO2S/c1-11(12-5-7-13(15)8-6-12)16-9-10-19(17,18)14(2,3)4/h5-8,11,16H,9-10H2,1-4H3/t11-/m0/s1. The van der Waals surface area contributed by atoms with Crippen LogP contribution in [0.15, 0.2) is 28.7 Å². The van der Waals surface area contributed by atoms with Crippen LogP contribution in [0.5, 0.6) is 0 Å². The van der Waals surface area contributed by atoms with Crippen molar-refractivity contribution < 1.29 is 8.42 Å². The molecule has 0 fully saturated rings. The Morgan fingerprint density at radius 2 is 1.74 bits per heavy atom. The molecule has 0 amide bonds. The highest BCUT2D eigenvalue weighted by molar-refractivity contribution is 9.10. The Labute approximate surface area is 124 Å². The van der Waals surface area contributed by atoms with Crippen molar-refractivity contribution in [2.75, 3.05) is 12.3 Å². The second-order valence-electron chi connectivity index (χ2n) is 5.66. The second kappa shape index (κ2) is 6.37. The molecule has 0 aromatic heterocycles. The Morgan fingerprint density at radius 3 is 2.21 bits per heavy atom. The zero-order chi connectivity index (χ0) is 14.7. The van der Waals surface area contributed by atoms with Gasteiger partial charge in [-0.25, -0.2) is 8.42 Å². The van der Waals surface area contributed by atoms with Gasteiger partial charge in [0, 0.05) is 17.1 Å². The molecular weight excluding hydrogens is 326 g/mol. The number of hydrogen-bond acceptors (Lipinski definition) is 3. The first-order chi connectivity index (χ1) is 8.63. The summed E-state index contributed by atoms with van der Waals surface area (Å²) in [4.78, 5) is 0. The molecule has 0 saturated heterocycles. The molecule has 0 unspecified atom stereocenters. The van der Waals surface area contributed by atoms with Gasteiger partial charge in [-0.15, -0.1) is 0 Å². The summed E-state index contributed by atoms with van der Waals surface area (Å²) in [7, 11) is -3.05. The number of hydrogen-bond donors (Lipinski definition) is 1. The third-order valence-corrected chi connectivity index (χ3v) is 6.26. The van der Waals surface area contributed by atoms with E-state index in [0.717, 1.165) is 10.0 Å². The van der Waals surface area contributed by atoms with Crippen molar-refractivity contribution in [1.29, 1.82) is 0 Å². The molecule has 19 heavy (non-hydrogen) atoms. The maximum Gasteiger partial charge on any atom is 0.156 e. The summed E-state index contributed by atoms with van der Waals surface area (Å²) in [5, 5.41) is 3.25. The lowest BCUT2D eigenvalue weighted by atomic mass is 10.1. The molecule has 0 bridgehead atoms. The van der Waals surface area contributed by atoms with Gasteiger partial charge >= 0.3 is 0 Å². The van der Waals surface area contributed by atoms with Crippen molar-refractivity contribution in [3.8, 4) is 0 Å². The summed E-state index contributed by atoms with van der Waals surface area (Å²) < 4.78 is 24.3. The van der Waals surface area contributed by atoms with Gasteiger partial charge in [-0.05, 0) is 45.4 Å². The maximum absolute atomic E-state index is 12.0. The lowest BCUT2D eigenvalue weighted by molar-refractivity contribution is 0.546. The van der Waals surface area contributed by atoms with Crippen LogP contribution < -0.4 is 5.32 Å². The highest BCUT2D eigenvalue weighted by Crippen LogP contribution is 2.18. The quantitative estimate of drug-likeness (QED) is 0.888. The summed E-state index contributed by atoms with van der Waals surface area (Å²) in [5.41, 5.74) is 1.15. The molecule has 1 N–H and O–H groups in total. The molecule has 1 rings (SSSR count). The largest absolute Gasteiger partial charge is 0.309 e. The van der Waals surface area contributed by atoms with E-state index in [2.05, 4.69) is 21.2 Å². The predicted molar refractivity (Wildman–Crippen MR) is 84.1 cm³/mol. The van der Waals surface area contributed by atoms with E-state index in [1.54, 1.807) is 20.8 Å². The Morgan fingerprint density at radius 1 is 1.21 bits per heavy atom. The van der Waals surface area contributed by atoms with Crippen molar-refractivity contribution in [2.24, 2.45) is 0 Å². The number of halogens is 1. The van der Waals surface area contributed by atoms with E-state index in [-0.39, 0.29) is 11.8 Å². The van der Waals surface area contributed by atoms with Crippen LogP contribution in [0.4, 0.5) is 0 Å². The van der Waals surface area contributed by atoms with Gasteiger partial charge in [-0.1, -0.05) is 28.1 Å². The SMILES string of the molecule is C[C@H](NCCS(=O)(=O)C(C)(C)C)c1ccc(Br)cc1. The van der Waals surface area contributed by atoms with Gasteiger partial charge in [0.2, 0.25) is 0 Å². The van der Waals surface area contributed by atoms with E-state index in [1.807, 2.05) is 31.2 Å². The molecule has 0 aliphatic carbocycles. The van der Waals surface area contributed by atoms with Crippen molar-refractivity contribution in [3.63, 3.8) is 0 Å². The first-order valence-corrected chi connectivity index (χ1v) is 8.79. The van der Waals surface area contributed by atoms with Gasteiger partial charge in [0.25, 0.3) is 0 Å². The van der Waals surface area contributed by atoms with Crippen molar-refractivity contribution in [1.82, 2.24) is 5.32 Å². The normalized spacial score (nSPS) is 14.4. The Hall–Kier alpha value is -0.390. The Kier molecular flexibility index (Phi) is 5.59. The lowest BCUT2D eigenvalue weighted by Crippen LogP contribution is -2.35. The van der Waals surface area contributed by atoms with E-state index in [1.165, 1.54) is 0 Å². The Bertz CT molecular complexity index is 503. The van der Waals surface area contributed by atoms with Crippen molar-refractivity contribution in [3.05, 3.63) is 34.3 Å². The summed E-state index contributed by atoms with van der Waals surface area (Å²) in [6.45, 7) is 7.71. The minimum absolute atomic E-state index is 0.142. The number of benzene rings is 1. The smallest absolute Gasteiger partial charge is 0.156 e. The highest BCUT2D eigenvalue weighted by atomic mass is 79.9. The second-order valence-corrected chi connectivity index (χ2v) is 9.44. The Balaban J connectivity index is 2.52. The number of nitrogens with one attached hydrogen (secondary N) is 1. The van der Waals surface area contributed by atoms with E-state index in [0.29, 0.717) is 6.54 Å². The van der Waals surface area contributed by atoms with Gasteiger partial charge < -0.3 is 5.32 Å². The average Bonchev–Trinajstić information content (AvgIpc) is 2.28. The molecule has 108 valence electrons. The summed E-state index contributed by atoms with van der Waals surface area (Å²) in [5.74, 6) is 0.164. The predicted octanol–water partition coefficient (Wildman–Crippen LogP) is 3.31. The third-order valence-electron chi connectivity index (χ3n) is 3.12. The molecule has 5 heteroatoms. The summed E-state index contributed by atoms with van der Waals surface area (Å²) >= 11 is 3.40. The molecule has 3 nitrogen and oxygen atoms in total. The van der Waals surface area contributed by atoms with Crippen LogP contribution in [0.3, 0.4) is 0 Å². The van der Waals surface area contributed by atoms with Crippen LogP contribution in [-0.4, -0.2) is 25.5 Å². The van der Waals surface area contributed by atoms with E-state index in [4.69, 9.17) is 0 Å². The zero-order valence-corrected chi connectivity index (χ0v) is 14.3. The van der Waals surface area contributed by atoms with Gasteiger partial charge in [-0.3, -0.25) is 0 Å². The van der Waals surface area contributed by atoms with Crippen molar-refractivity contribution >= 4 is 25.8 Å². The fourth-order valence-corrected chi connectivity index (χ4v) is 2.85. The topological polar surface area (TPSA) is 46.2 Å². The third kappa shape index (κ3) is 4.89. The number of rotatable bonds is 5. The lowest BCUT2D eigenvalue weighted by Gasteiger charge is -2.20. The summed E-state index contributed by atoms with van der Waals surface area (Å²) in [6, 6.07) is 8.17. The monoisotopic (exact) mass is 347 g/mol. The van der Waals surface area contributed by atoms with E-state index < -0.39 is 14.6 Å². The molecule has 0 aliphatic heterocycles. The van der Waals surface area contributed by atoms with Crippen molar-refractivity contribution in [2.45, 2.75) is 38.5 Å². The molecule has 0 radical (unpaired) electrons. The van der Waals surface area contributed by atoms with Gasteiger partial charge in [0.05, 0.1) is 10.5 Å². The molecule has 0 heterocycles. The number of sulfone groups is 1. The molecule has 1 aromatic carbocycles. The maximum atomic E-state index is 12.0. The molecule has 1 aromatic rings. The molecule has 1 atom stereocenters. The average molecular weight is 348 g/mol. The van der Waals surface area contributed by atoms with Crippen LogP contribution in [0, 0.1) is 0 Å². The molecule has 0 spiro atoms. The van der Waals surface area contributed by atoms with Gasteiger partial charge in [-0.2, -0.15) is 0 Å². The fraction of sp³-hybridized carbons (Fsp3) is 0.571. The first-order valence-electron chi connectivity index (χ1n) is 6.34. The molecule has 0 aliphatic rings. The highest BCUT2D eigenvalue weighted by Gasteiger charge is 2.28. The summed E-state index contributed by atoms with van der Waals surface area (Å²) in [6.07, 6.45) is 0. The molecular formula is C14H22BrNO2S. The van der Waals surface area contributed by atoms with E-state index in [9.17, 15) is 8.42 Å². The van der Waals surface area contributed by atoms with Gasteiger partial charge in [0.1, 0.15) is 0 Å². The molecule has 0 saturated carbocycles. The van der Waals surface area contributed by atoms with Crippen LogP contribution in [-0.2, 0) is 9.84 Å². The van der Waals surface area contributed by atoms with Crippen LogP contribution >= 0.6 is 15.9 Å². The van der Waals surface area contributed by atoms with Crippen LogP contribution in [0.25, 0.3) is 0 Å². The van der Waals surface area contributed by atoms with E-state index >= 15 is 0 Å². The van der Waals surface area contributed by atoms with Gasteiger partial charge in [0.15, 0.2) is 9.84 Å².